The van der Waals surface area contributed by atoms with Gasteiger partial charge in [-0.1, -0.05) is 0 Å². The van der Waals surface area contributed by atoms with Gasteiger partial charge in [0.1, 0.15) is 0 Å². The van der Waals surface area contributed by atoms with Gasteiger partial charge in [0.15, 0.2) is 0 Å². The second-order valence-corrected chi connectivity index (χ2v) is 3.20. The predicted molar refractivity (Wildman–Crippen MR) is 42.5 cm³/mol. The molecule has 0 radical (unpaired) electrons. The zero-order chi connectivity index (χ0) is 7.56. The molecule has 1 fully saturated rings. The topological polar surface area (TPSA) is 32.5 Å². The van der Waals surface area contributed by atoms with Gasteiger partial charge in [0.2, 0.25) is 0 Å². The van der Waals surface area contributed by atoms with E-state index in [1.807, 2.05) is 12.1 Å². The molecule has 0 saturated carbocycles. The fourth-order valence-corrected chi connectivity index (χ4v) is 1.40. The fourth-order valence-electron chi connectivity index (χ4n) is 1.40. The van der Waals surface area contributed by atoms with Gasteiger partial charge in [-0.2, -0.15) is 0 Å². The highest BCUT2D eigenvalue weighted by molar-refractivity contribution is 4.73. The monoisotopic (exact) mass is 143 g/mol. The molecule has 0 aliphatic carbocycles. The molecule has 10 heavy (non-hydrogen) atoms. The van der Waals surface area contributed by atoms with Crippen LogP contribution in [0.3, 0.4) is 0 Å². The molecule has 3 nitrogen and oxygen atoms in total. The summed E-state index contributed by atoms with van der Waals surface area (Å²) in [5.74, 6) is 5.63. The Labute approximate surface area is 62.8 Å². The average molecular weight is 143 g/mol. The Morgan fingerprint density at radius 1 is 1.40 bits per heavy atom. The standard InChI is InChI=1S/C7H17N3/c1-9-5-3-7(4-6-9)10(2)8/h7H,3-6,8H2,1-2H3. The Balaban J connectivity index is 2.26. The molecule has 1 aliphatic heterocycles. The number of rotatable bonds is 1. The number of nitrogens with zero attached hydrogens (tertiary/aromatic N) is 2. The Kier molecular flexibility index (Phi) is 2.65. The third-order valence-corrected chi connectivity index (χ3v) is 2.26. The van der Waals surface area contributed by atoms with Gasteiger partial charge in [0.25, 0.3) is 0 Å². The van der Waals surface area contributed by atoms with Gasteiger partial charge >= 0.3 is 0 Å². The predicted octanol–water partition coefficient (Wildman–Crippen LogP) is -0.114. The van der Waals surface area contributed by atoms with E-state index in [9.17, 15) is 0 Å². The quantitative estimate of drug-likeness (QED) is 0.410. The van der Waals surface area contributed by atoms with Crippen molar-refractivity contribution in [3.63, 3.8) is 0 Å². The molecule has 0 unspecified atom stereocenters. The summed E-state index contributed by atoms with van der Waals surface area (Å²) in [7, 11) is 4.11. The molecule has 1 heterocycles. The normalized spacial score (nSPS) is 24.0. The van der Waals surface area contributed by atoms with Crippen LogP contribution in [0, 0.1) is 0 Å². The van der Waals surface area contributed by atoms with Crippen LogP contribution < -0.4 is 5.84 Å². The lowest BCUT2D eigenvalue weighted by molar-refractivity contribution is 0.146. The van der Waals surface area contributed by atoms with Crippen LogP contribution in [0.2, 0.25) is 0 Å². The van der Waals surface area contributed by atoms with E-state index in [0.717, 1.165) is 0 Å². The number of hydrazine groups is 1. The minimum atomic E-state index is 0.608. The van der Waals surface area contributed by atoms with Gasteiger partial charge in [0.05, 0.1) is 0 Å². The molecule has 0 spiro atoms. The molecular weight excluding hydrogens is 126 g/mol. The summed E-state index contributed by atoms with van der Waals surface area (Å²) in [5, 5.41) is 1.84. The number of hydrogen-bond donors (Lipinski definition) is 1. The first-order valence-corrected chi connectivity index (χ1v) is 3.86. The SMILES string of the molecule is CN1CCC(N(C)N)CC1. The third-order valence-electron chi connectivity index (χ3n) is 2.26. The molecule has 0 amide bonds. The van der Waals surface area contributed by atoms with Crippen molar-refractivity contribution in [2.75, 3.05) is 27.2 Å². The molecule has 2 N–H and O–H groups in total. The lowest BCUT2D eigenvalue weighted by Gasteiger charge is -2.32. The van der Waals surface area contributed by atoms with Gasteiger partial charge < -0.3 is 4.90 Å². The Morgan fingerprint density at radius 2 is 1.90 bits per heavy atom. The zero-order valence-electron chi connectivity index (χ0n) is 6.88. The highest BCUT2D eigenvalue weighted by Crippen LogP contribution is 2.10. The van der Waals surface area contributed by atoms with Crippen molar-refractivity contribution in [3.05, 3.63) is 0 Å². The van der Waals surface area contributed by atoms with Crippen molar-refractivity contribution >= 4 is 0 Å². The first-order valence-electron chi connectivity index (χ1n) is 3.86. The van der Waals surface area contributed by atoms with E-state index in [1.54, 1.807) is 0 Å². The Bertz CT molecular complexity index is 95.0. The first-order chi connectivity index (χ1) is 4.70. The van der Waals surface area contributed by atoms with E-state index in [4.69, 9.17) is 5.84 Å². The first kappa shape index (κ1) is 7.98. The summed E-state index contributed by atoms with van der Waals surface area (Å²) in [6.07, 6.45) is 2.42. The van der Waals surface area contributed by atoms with E-state index in [0.29, 0.717) is 6.04 Å². The lowest BCUT2D eigenvalue weighted by Crippen LogP contribution is -2.44. The van der Waals surface area contributed by atoms with Gasteiger partial charge in [-0.05, 0) is 33.0 Å². The van der Waals surface area contributed by atoms with Crippen molar-refractivity contribution in [1.82, 2.24) is 9.91 Å². The van der Waals surface area contributed by atoms with E-state index < -0.39 is 0 Å². The third kappa shape index (κ3) is 1.94. The van der Waals surface area contributed by atoms with Crippen molar-refractivity contribution in [1.29, 1.82) is 0 Å². The van der Waals surface area contributed by atoms with Crippen LogP contribution in [0.5, 0.6) is 0 Å². The Hall–Kier alpha value is -0.120. The molecule has 0 aromatic carbocycles. The van der Waals surface area contributed by atoms with Crippen LogP contribution in [-0.4, -0.2) is 43.1 Å². The highest BCUT2D eigenvalue weighted by Gasteiger charge is 2.17. The molecule has 0 atom stereocenters. The average Bonchev–Trinajstić information content (AvgIpc) is 1.88. The van der Waals surface area contributed by atoms with Crippen LogP contribution in [0.4, 0.5) is 0 Å². The van der Waals surface area contributed by atoms with E-state index in [-0.39, 0.29) is 0 Å². The minimum absolute atomic E-state index is 0.608. The molecule has 1 saturated heterocycles. The molecule has 60 valence electrons. The summed E-state index contributed by atoms with van der Waals surface area (Å²) < 4.78 is 0. The van der Waals surface area contributed by atoms with Crippen LogP contribution in [0.25, 0.3) is 0 Å². The summed E-state index contributed by atoms with van der Waals surface area (Å²) >= 11 is 0. The number of nitrogens with two attached hydrogens (primary N) is 1. The summed E-state index contributed by atoms with van der Waals surface area (Å²) in [6.45, 7) is 2.37. The van der Waals surface area contributed by atoms with Crippen molar-refractivity contribution < 1.29 is 0 Å². The van der Waals surface area contributed by atoms with E-state index in [1.165, 1.54) is 25.9 Å². The second-order valence-electron chi connectivity index (χ2n) is 3.20. The van der Waals surface area contributed by atoms with E-state index in [2.05, 4.69) is 11.9 Å². The molecule has 3 heteroatoms. The summed E-state index contributed by atoms with van der Waals surface area (Å²) in [6, 6.07) is 0.608. The maximum absolute atomic E-state index is 5.63. The van der Waals surface area contributed by atoms with Gasteiger partial charge in [-0.25, -0.2) is 5.01 Å². The van der Waals surface area contributed by atoms with Crippen LogP contribution in [0.15, 0.2) is 0 Å². The van der Waals surface area contributed by atoms with Crippen molar-refractivity contribution in [2.24, 2.45) is 5.84 Å². The van der Waals surface area contributed by atoms with Gasteiger partial charge in [-0.3, -0.25) is 5.84 Å². The van der Waals surface area contributed by atoms with Gasteiger partial charge in [-0.15, -0.1) is 0 Å². The number of piperidine rings is 1. The molecule has 0 aromatic heterocycles. The van der Waals surface area contributed by atoms with Crippen LogP contribution >= 0.6 is 0 Å². The highest BCUT2D eigenvalue weighted by atomic mass is 15.4. The molecule has 1 aliphatic rings. The lowest BCUT2D eigenvalue weighted by atomic mass is 10.1. The van der Waals surface area contributed by atoms with Crippen LogP contribution in [0.1, 0.15) is 12.8 Å². The smallest absolute Gasteiger partial charge is 0.0262 e. The second kappa shape index (κ2) is 3.32. The van der Waals surface area contributed by atoms with Crippen molar-refractivity contribution in [2.45, 2.75) is 18.9 Å². The minimum Gasteiger partial charge on any atom is -0.306 e. The maximum Gasteiger partial charge on any atom is 0.0262 e. The molecule has 1 rings (SSSR count). The molecule has 0 aromatic rings. The molecule has 0 bridgehead atoms. The van der Waals surface area contributed by atoms with Crippen molar-refractivity contribution in [3.8, 4) is 0 Å². The fraction of sp³-hybridized carbons (Fsp3) is 1.00. The van der Waals surface area contributed by atoms with Gasteiger partial charge in [0, 0.05) is 13.1 Å². The zero-order valence-corrected chi connectivity index (χ0v) is 6.88. The summed E-state index contributed by atoms with van der Waals surface area (Å²) in [4.78, 5) is 2.35. The number of likely N-dealkylation sites (tertiary alicyclic amines) is 1. The summed E-state index contributed by atoms with van der Waals surface area (Å²) in [5.41, 5.74) is 0. The maximum atomic E-state index is 5.63. The Morgan fingerprint density at radius 3 is 2.30 bits per heavy atom. The number of hydrogen-bond acceptors (Lipinski definition) is 3. The largest absolute Gasteiger partial charge is 0.306 e. The van der Waals surface area contributed by atoms with Crippen LogP contribution in [-0.2, 0) is 0 Å². The van der Waals surface area contributed by atoms with E-state index >= 15 is 0 Å². The molecular formula is C7H17N3.